The molecule has 1 nitrogen and oxygen atoms in total. The van der Waals surface area contributed by atoms with E-state index in [0.29, 0.717) is 0 Å². The first-order valence-corrected chi connectivity index (χ1v) is 8.53. The number of halogens is 1. The second kappa shape index (κ2) is 9.00. The minimum atomic E-state index is 0.787. The molecule has 3 heteroatoms. The molecule has 0 bridgehead atoms. The molecule has 0 aliphatic rings. The van der Waals surface area contributed by atoms with Gasteiger partial charge in [-0.2, -0.15) is 0 Å². The van der Waals surface area contributed by atoms with Gasteiger partial charge in [0.15, 0.2) is 0 Å². The summed E-state index contributed by atoms with van der Waals surface area (Å²) in [6, 6.07) is 6.61. The Morgan fingerprint density at radius 1 is 1.33 bits per heavy atom. The Bertz CT molecular complexity index is 352. The third-order valence-corrected chi connectivity index (χ3v) is 4.36. The van der Waals surface area contributed by atoms with E-state index in [1.807, 2.05) is 11.8 Å². The van der Waals surface area contributed by atoms with E-state index in [-0.39, 0.29) is 0 Å². The fraction of sp³-hybridized carbons (Fsp3) is 0.600. The summed E-state index contributed by atoms with van der Waals surface area (Å²) in [5, 5.41) is 3.48. The van der Waals surface area contributed by atoms with Crippen LogP contribution in [0.15, 0.2) is 27.6 Å². The van der Waals surface area contributed by atoms with E-state index in [4.69, 9.17) is 0 Å². The Morgan fingerprint density at radius 3 is 2.78 bits per heavy atom. The summed E-state index contributed by atoms with van der Waals surface area (Å²) < 4.78 is 1.17. The molecule has 0 unspecified atom stereocenters. The smallest absolute Gasteiger partial charge is 0.0217 e. The van der Waals surface area contributed by atoms with Crippen molar-refractivity contribution in [3.05, 3.63) is 28.2 Å². The van der Waals surface area contributed by atoms with Crippen LogP contribution in [0.1, 0.15) is 39.2 Å². The van der Waals surface area contributed by atoms with Crippen LogP contribution in [0.3, 0.4) is 0 Å². The van der Waals surface area contributed by atoms with E-state index in [9.17, 15) is 0 Å². The number of thioether (sulfide) groups is 1. The summed E-state index contributed by atoms with van der Waals surface area (Å²) in [5.41, 5.74) is 1.41. The Kier molecular flexibility index (Phi) is 8.03. The zero-order valence-corrected chi connectivity index (χ0v) is 14.0. The maximum atomic E-state index is 3.56. The third kappa shape index (κ3) is 6.26. The molecule has 0 saturated carbocycles. The van der Waals surface area contributed by atoms with Crippen molar-refractivity contribution in [2.75, 3.05) is 12.3 Å². The van der Waals surface area contributed by atoms with E-state index in [1.165, 1.54) is 33.5 Å². The van der Waals surface area contributed by atoms with Gasteiger partial charge in [0.2, 0.25) is 0 Å². The molecule has 0 heterocycles. The van der Waals surface area contributed by atoms with E-state index in [2.05, 4.69) is 60.2 Å². The zero-order chi connectivity index (χ0) is 13.4. The standard InChI is InChI=1S/C15H24BrNS/c1-4-8-17-11-13-10-14(16)5-6-15(13)18-9-7-12(2)3/h5-6,10,12,17H,4,7-9,11H2,1-3H3. The molecule has 0 amide bonds. The summed E-state index contributed by atoms with van der Waals surface area (Å²) in [7, 11) is 0. The second-order valence-electron chi connectivity index (χ2n) is 4.96. The number of hydrogen-bond donors (Lipinski definition) is 1. The molecule has 1 N–H and O–H groups in total. The van der Waals surface area contributed by atoms with Gasteiger partial charge in [-0.3, -0.25) is 0 Å². The van der Waals surface area contributed by atoms with E-state index < -0.39 is 0 Å². The molecule has 0 spiro atoms. The summed E-state index contributed by atoms with van der Waals surface area (Å²) in [6.45, 7) is 8.82. The Balaban J connectivity index is 2.58. The van der Waals surface area contributed by atoms with Crippen molar-refractivity contribution in [1.82, 2.24) is 5.32 Å². The van der Waals surface area contributed by atoms with Crippen LogP contribution in [-0.2, 0) is 6.54 Å². The van der Waals surface area contributed by atoms with Crippen LogP contribution in [-0.4, -0.2) is 12.3 Å². The van der Waals surface area contributed by atoms with Crippen LogP contribution in [0.5, 0.6) is 0 Å². The van der Waals surface area contributed by atoms with Gasteiger partial charge >= 0.3 is 0 Å². The van der Waals surface area contributed by atoms with Gasteiger partial charge in [0.1, 0.15) is 0 Å². The normalized spacial score (nSPS) is 11.2. The zero-order valence-electron chi connectivity index (χ0n) is 11.6. The van der Waals surface area contributed by atoms with Crippen molar-refractivity contribution in [1.29, 1.82) is 0 Å². The quantitative estimate of drug-likeness (QED) is 0.526. The summed E-state index contributed by atoms with van der Waals surface area (Å²) in [6.07, 6.45) is 2.46. The average molecular weight is 330 g/mol. The van der Waals surface area contributed by atoms with Crippen LogP contribution < -0.4 is 5.32 Å². The van der Waals surface area contributed by atoms with E-state index in [1.54, 1.807) is 0 Å². The van der Waals surface area contributed by atoms with Gasteiger partial charge in [0, 0.05) is 15.9 Å². The van der Waals surface area contributed by atoms with Crippen LogP contribution in [0.2, 0.25) is 0 Å². The van der Waals surface area contributed by atoms with Gasteiger partial charge in [-0.25, -0.2) is 0 Å². The molecule has 0 aliphatic heterocycles. The van der Waals surface area contributed by atoms with Gasteiger partial charge < -0.3 is 5.32 Å². The molecular weight excluding hydrogens is 306 g/mol. The molecule has 18 heavy (non-hydrogen) atoms. The average Bonchev–Trinajstić information content (AvgIpc) is 2.32. The maximum absolute atomic E-state index is 3.56. The molecular formula is C15H24BrNS. The highest BCUT2D eigenvalue weighted by Crippen LogP contribution is 2.27. The number of benzene rings is 1. The Morgan fingerprint density at radius 2 is 2.11 bits per heavy atom. The largest absolute Gasteiger partial charge is 0.313 e. The minimum Gasteiger partial charge on any atom is -0.313 e. The Hall–Kier alpha value is 0.01000. The molecule has 1 aromatic rings. The predicted octanol–water partition coefficient (Wildman–Crippen LogP) is 5.09. The lowest BCUT2D eigenvalue weighted by molar-refractivity contribution is 0.631. The van der Waals surface area contributed by atoms with Crippen LogP contribution in [0, 0.1) is 5.92 Å². The first-order valence-electron chi connectivity index (χ1n) is 6.75. The lowest BCUT2D eigenvalue weighted by Gasteiger charge is -2.11. The second-order valence-corrected chi connectivity index (χ2v) is 7.01. The number of hydrogen-bond acceptors (Lipinski definition) is 2. The lowest BCUT2D eigenvalue weighted by atomic mass is 10.2. The lowest BCUT2D eigenvalue weighted by Crippen LogP contribution is -2.14. The van der Waals surface area contributed by atoms with Crippen molar-refractivity contribution >= 4 is 27.7 Å². The fourth-order valence-corrected chi connectivity index (χ4v) is 3.33. The molecule has 1 rings (SSSR count). The summed E-state index contributed by atoms with van der Waals surface area (Å²) >= 11 is 5.54. The topological polar surface area (TPSA) is 12.0 Å². The molecule has 1 aromatic carbocycles. The van der Waals surface area contributed by atoms with Gasteiger partial charge in [-0.15, -0.1) is 11.8 Å². The first kappa shape index (κ1) is 16.1. The fourth-order valence-electron chi connectivity index (χ4n) is 1.63. The number of rotatable bonds is 8. The van der Waals surface area contributed by atoms with Crippen molar-refractivity contribution in [3.8, 4) is 0 Å². The molecule has 0 saturated heterocycles. The van der Waals surface area contributed by atoms with Crippen molar-refractivity contribution < 1.29 is 0 Å². The minimum absolute atomic E-state index is 0.787. The third-order valence-electron chi connectivity index (χ3n) is 2.72. The van der Waals surface area contributed by atoms with Crippen LogP contribution >= 0.6 is 27.7 Å². The predicted molar refractivity (Wildman–Crippen MR) is 86.3 cm³/mol. The highest BCUT2D eigenvalue weighted by atomic mass is 79.9. The summed E-state index contributed by atoms with van der Waals surface area (Å²) in [5.74, 6) is 2.00. The van der Waals surface area contributed by atoms with Gasteiger partial charge in [0.25, 0.3) is 0 Å². The van der Waals surface area contributed by atoms with Crippen LogP contribution in [0.4, 0.5) is 0 Å². The number of nitrogens with one attached hydrogen (secondary N) is 1. The molecule has 0 fully saturated rings. The molecule has 0 radical (unpaired) electrons. The Labute approximate surface area is 124 Å². The highest BCUT2D eigenvalue weighted by molar-refractivity contribution is 9.10. The summed E-state index contributed by atoms with van der Waals surface area (Å²) in [4.78, 5) is 1.42. The molecule has 0 aliphatic carbocycles. The van der Waals surface area contributed by atoms with Crippen LogP contribution in [0.25, 0.3) is 0 Å². The van der Waals surface area contributed by atoms with Crippen molar-refractivity contribution in [2.45, 2.75) is 45.1 Å². The maximum Gasteiger partial charge on any atom is 0.0217 e. The van der Waals surface area contributed by atoms with Crippen molar-refractivity contribution in [2.24, 2.45) is 5.92 Å². The van der Waals surface area contributed by atoms with Crippen molar-refractivity contribution in [3.63, 3.8) is 0 Å². The van der Waals surface area contributed by atoms with E-state index in [0.717, 1.165) is 19.0 Å². The highest BCUT2D eigenvalue weighted by Gasteiger charge is 2.04. The molecule has 0 aromatic heterocycles. The first-order chi connectivity index (χ1) is 8.63. The van der Waals surface area contributed by atoms with Gasteiger partial charge in [-0.05, 0) is 54.8 Å². The van der Waals surface area contributed by atoms with Gasteiger partial charge in [-0.1, -0.05) is 36.7 Å². The SMILES string of the molecule is CCCNCc1cc(Br)ccc1SCCC(C)C. The monoisotopic (exact) mass is 329 g/mol. The van der Waals surface area contributed by atoms with E-state index >= 15 is 0 Å². The van der Waals surface area contributed by atoms with Gasteiger partial charge in [0.05, 0.1) is 0 Å². The molecule has 0 atom stereocenters. The molecule has 102 valence electrons.